The van der Waals surface area contributed by atoms with Gasteiger partial charge < -0.3 is 15.0 Å². The summed E-state index contributed by atoms with van der Waals surface area (Å²) in [6.07, 6.45) is 7.11. The van der Waals surface area contributed by atoms with Gasteiger partial charge in [0.2, 0.25) is 15.9 Å². The topological polar surface area (TPSA) is 79.0 Å². The number of nitrogens with one attached hydrogen (secondary N) is 1. The lowest BCUT2D eigenvalue weighted by atomic mass is 10.2. The quantitative estimate of drug-likeness (QED) is 0.583. The summed E-state index contributed by atoms with van der Waals surface area (Å²) in [6, 6.07) is 6.75. The second-order valence-electron chi connectivity index (χ2n) is 7.89. The third-order valence-electron chi connectivity index (χ3n) is 4.86. The van der Waals surface area contributed by atoms with E-state index in [1.165, 1.54) is 25.7 Å². The average Bonchev–Trinajstić information content (AvgIpc) is 2.92. The molecular formula is C21H35N3O4S. The first-order valence-electron chi connectivity index (χ1n) is 10.5. The van der Waals surface area contributed by atoms with Gasteiger partial charge in [-0.3, -0.25) is 9.10 Å². The maximum absolute atomic E-state index is 12.3. The number of likely N-dealkylation sites (tertiary alicyclic amines) is 1. The van der Waals surface area contributed by atoms with E-state index in [-0.39, 0.29) is 18.6 Å². The van der Waals surface area contributed by atoms with E-state index in [0.717, 1.165) is 36.6 Å². The molecule has 29 heavy (non-hydrogen) atoms. The molecule has 1 saturated heterocycles. The lowest BCUT2D eigenvalue weighted by molar-refractivity contribution is -0.119. The molecule has 0 saturated carbocycles. The molecule has 2 rings (SSSR count). The molecule has 7 nitrogen and oxygen atoms in total. The second-order valence-corrected chi connectivity index (χ2v) is 9.80. The van der Waals surface area contributed by atoms with Crippen LogP contribution in [-0.4, -0.2) is 64.3 Å². The molecule has 0 radical (unpaired) electrons. The summed E-state index contributed by atoms with van der Waals surface area (Å²) in [5.74, 6) is 0.365. The number of benzene rings is 1. The van der Waals surface area contributed by atoms with Crippen molar-refractivity contribution in [1.82, 2.24) is 10.2 Å². The summed E-state index contributed by atoms with van der Waals surface area (Å²) < 4.78 is 31.1. The summed E-state index contributed by atoms with van der Waals surface area (Å²) in [5, 5.41) is 2.85. The third-order valence-corrected chi connectivity index (χ3v) is 6.00. The molecule has 0 aliphatic carbocycles. The minimum atomic E-state index is -3.58. The Morgan fingerprint density at radius 3 is 2.31 bits per heavy atom. The number of carbonyl (C=O) groups excluding carboxylic acids is 1. The van der Waals surface area contributed by atoms with E-state index < -0.39 is 10.0 Å². The van der Waals surface area contributed by atoms with Crippen LogP contribution < -0.4 is 14.4 Å². The van der Waals surface area contributed by atoms with Crippen molar-refractivity contribution in [1.29, 1.82) is 0 Å². The maximum Gasteiger partial charge on any atom is 0.240 e. The smallest absolute Gasteiger partial charge is 0.240 e. The van der Waals surface area contributed by atoms with Gasteiger partial charge in [-0.1, -0.05) is 12.8 Å². The Morgan fingerprint density at radius 2 is 1.76 bits per heavy atom. The maximum atomic E-state index is 12.3. The fourth-order valence-corrected chi connectivity index (χ4v) is 4.30. The molecule has 0 unspecified atom stereocenters. The number of anilines is 1. The molecular weight excluding hydrogens is 390 g/mol. The first-order valence-corrected chi connectivity index (χ1v) is 12.3. The van der Waals surface area contributed by atoms with Gasteiger partial charge in [-0.15, -0.1) is 0 Å². The van der Waals surface area contributed by atoms with Crippen LogP contribution >= 0.6 is 0 Å². The molecule has 1 amide bonds. The van der Waals surface area contributed by atoms with Crippen LogP contribution in [-0.2, 0) is 14.8 Å². The predicted molar refractivity (Wildman–Crippen MR) is 117 cm³/mol. The Morgan fingerprint density at radius 1 is 1.14 bits per heavy atom. The number of hydrogen-bond acceptors (Lipinski definition) is 5. The van der Waals surface area contributed by atoms with Crippen molar-refractivity contribution in [2.24, 2.45) is 0 Å². The van der Waals surface area contributed by atoms with E-state index in [9.17, 15) is 13.2 Å². The van der Waals surface area contributed by atoms with Crippen molar-refractivity contribution in [2.45, 2.75) is 52.1 Å². The summed E-state index contributed by atoms with van der Waals surface area (Å²) in [7, 11) is -3.58. The zero-order chi connectivity index (χ0) is 21.3. The van der Waals surface area contributed by atoms with Crippen molar-refractivity contribution in [2.75, 3.05) is 43.3 Å². The second kappa shape index (κ2) is 11.4. The van der Waals surface area contributed by atoms with Crippen molar-refractivity contribution < 1.29 is 17.9 Å². The molecule has 164 valence electrons. The highest BCUT2D eigenvalue weighted by Gasteiger charge is 2.21. The minimum Gasteiger partial charge on any atom is -0.491 e. The van der Waals surface area contributed by atoms with Crippen molar-refractivity contribution in [3.63, 3.8) is 0 Å². The Balaban J connectivity index is 1.85. The van der Waals surface area contributed by atoms with Crippen LogP contribution in [0.15, 0.2) is 24.3 Å². The summed E-state index contributed by atoms with van der Waals surface area (Å²) >= 11 is 0. The Kier molecular flexibility index (Phi) is 9.23. The number of ether oxygens (including phenoxy) is 1. The van der Waals surface area contributed by atoms with Crippen LogP contribution in [0, 0.1) is 0 Å². The van der Waals surface area contributed by atoms with Gasteiger partial charge in [-0.05, 0) is 77.0 Å². The fraction of sp³-hybridized carbons (Fsp3) is 0.667. The van der Waals surface area contributed by atoms with Crippen LogP contribution in [0.2, 0.25) is 0 Å². The van der Waals surface area contributed by atoms with Gasteiger partial charge in [0, 0.05) is 6.54 Å². The number of carbonyl (C=O) groups is 1. The van der Waals surface area contributed by atoms with Crippen molar-refractivity contribution >= 4 is 21.6 Å². The van der Waals surface area contributed by atoms with Crippen LogP contribution in [0.25, 0.3) is 0 Å². The van der Waals surface area contributed by atoms with Crippen LogP contribution in [0.3, 0.4) is 0 Å². The van der Waals surface area contributed by atoms with E-state index in [2.05, 4.69) is 10.2 Å². The van der Waals surface area contributed by atoms with Crippen molar-refractivity contribution in [3.8, 4) is 5.75 Å². The number of sulfonamides is 1. The molecule has 1 aromatic carbocycles. The monoisotopic (exact) mass is 425 g/mol. The SMILES string of the molecule is CC(C)Oc1ccc(N(CC(=O)NCCCN2CCCCCC2)S(C)(=O)=O)cc1. The molecule has 0 aromatic heterocycles. The largest absolute Gasteiger partial charge is 0.491 e. The van der Waals surface area contributed by atoms with Gasteiger partial charge >= 0.3 is 0 Å². The van der Waals surface area contributed by atoms with Gasteiger partial charge in [-0.2, -0.15) is 0 Å². The Hall–Kier alpha value is -1.80. The minimum absolute atomic E-state index is 0.0342. The first-order chi connectivity index (χ1) is 13.8. The van der Waals surface area contributed by atoms with Gasteiger partial charge in [0.05, 0.1) is 18.0 Å². The van der Waals surface area contributed by atoms with Gasteiger partial charge in [0.1, 0.15) is 12.3 Å². The molecule has 1 aliphatic heterocycles. The average molecular weight is 426 g/mol. The highest BCUT2D eigenvalue weighted by Crippen LogP contribution is 2.22. The molecule has 1 aliphatic rings. The van der Waals surface area contributed by atoms with Gasteiger partial charge in [0.25, 0.3) is 0 Å². The summed E-state index contributed by atoms with van der Waals surface area (Å²) in [5.41, 5.74) is 0.448. The van der Waals surface area contributed by atoms with Crippen molar-refractivity contribution in [3.05, 3.63) is 24.3 Å². The summed E-state index contributed by atoms with van der Waals surface area (Å²) in [4.78, 5) is 14.8. The molecule has 1 N–H and O–H groups in total. The Bertz CT molecular complexity index is 727. The highest BCUT2D eigenvalue weighted by molar-refractivity contribution is 7.92. The normalized spacial score (nSPS) is 15.7. The standard InChI is InChI=1S/C21H35N3O4S/c1-18(2)28-20-11-9-19(10-12-20)24(29(3,26)27)17-21(25)22-13-8-16-23-14-6-4-5-7-15-23/h9-12,18H,4-8,13-17H2,1-3H3,(H,22,25). The van der Waals surface area contributed by atoms with E-state index in [1.807, 2.05) is 13.8 Å². The van der Waals surface area contributed by atoms with Crippen LogP contribution in [0.5, 0.6) is 5.75 Å². The van der Waals surface area contributed by atoms with Gasteiger partial charge in [-0.25, -0.2) is 8.42 Å². The molecule has 1 fully saturated rings. The van der Waals surface area contributed by atoms with Crippen LogP contribution in [0.1, 0.15) is 46.0 Å². The number of rotatable bonds is 10. The number of nitrogens with zero attached hydrogens (tertiary/aromatic N) is 2. The van der Waals surface area contributed by atoms with E-state index in [0.29, 0.717) is 18.0 Å². The van der Waals surface area contributed by atoms with E-state index in [4.69, 9.17) is 4.74 Å². The van der Waals surface area contributed by atoms with Gasteiger partial charge in [0.15, 0.2) is 0 Å². The molecule has 0 bridgehead atoms. The summed E-state index contributed by atoms with van der Waals surface area (Å²) in [6.45, 7) is 7.40. The lowest BCUT2D eigenvalue weighted by Gasteiger charge is -2.23. The van der Waals surface area contributed by atoms with Crippen LogP contribution in [0.4, 0.5) is 5.69 Å². The molecule has 1 aromatic rings. The van der Waals surface area contributed by atoms with E-state index in [1.54, 1.807) is 24.3 Å². The van der Waals surface area contributed by atoms with E-state index >= 15 is 0 Å². The first kappa shape index (κ1) is 23.5. The molecule has 0 spiro atoms. The number of hydrogen-bond donors (Lipinski definition) is 1. The fourth-order valence-electron chi connectivity index (χ4n) is 3.44. The zero-order valence-electron chi connectivity index (χ0n) is 17.9. The zero-order valence-corrected chi connectivity index (χ0v) is 18.7. The Labute approximate surface area is 175 Å². The predicted octanol–water partition coefficient (Wildman–Crippen LogP) is 2.62. The molecule has 0 atom stereocenters. The lowest BCUT2D eigenvalue weighted by Crippen LogP contribution is -2.41. The number of amides is 1. The third kappa shape index (κ3) is 8.62. The highest BCUT2D eigenvalue weighted by atomic mass is 32.2. The molecule has 8 heteroatoms. The molecule has 1 heterocycles.